The number of nitrogens with one attached hydrogen (secondary N) is 1. The SMILES string of the molecule is COC(=O)Cn1c(=S)[nH]c2cc(OC)c(-c3cnco3)cc2c1=O. The van der Waals surface area contributed by atoms with Crippen LogP contribution in [0.25, 0.3) is 22.2 Å². The van der Waals surface area contributed by atoms with Crippen molar-refractivity contribution in [2.45, 2.75) is 6.54 Å². The molecule has 3 aromatic rings. The number of carbonyl (C=O) groups is 1. The van der Waals surface area contributed by atoms with Crippen LogP contribution in [0.3, 0.4) is 0 Å². The minimum atomic E-state index is -0.570. The monoisotopic (exact) mass is 347 g/mol. The molecule has 24 heavy (non-hydrogen) atoms. The van der Waals surface area contributed by atoms with Crippen molar-refractivity contribution in [3.63, 3.8) is 0 Å². The topological polar surface area (TPSA) is 99.3 Å². The zero-order valence-corrected chi connectivity index (χ0v) is 13.7. The summed E-state index contributed by atoms with van der Waals surface area (Å²) in [5.74, 6) is 0.380. The second-order valence-corrected chi connectivity index (χ2v) is 5.25. The molecule has 0 radical (unpaired) electrons. The number of benzene rings is 1. The minimum Gasteiger partial charge on any atom is -0.496 e. The molecule has 8 nitrogen and oxygen atoms in total. The van der Waals surface area contributed by atoms with Crippen LogP contribution in [0.1, 0.15) is 0 Å². The summed E-state index contributed by atoms with van der Waals surface area (Å²) in [6.45, 7) is -0.274. The number of hydrogen-bond donors (Lipinski definition) is 1. The zero-order chi connectivity index (χ0) is 17.3. The quantitative estimate of drug-likeness (QED) is 0.568. The van der Waals surface area contributed by atoms with Gasteiger partial charge in [0.15, 0.2) is 16.9 Å². The fourth-order valence-corrected chi connectivity index (χ4v) is 2.59. The van der Waals surface area contributed by atoms with Gasteiger partial charge in [-0.1, -0.05) is 0 Å². The molecule has 2 aromatic heterocycles. The van der Waals surface area contributed by atoms with E-state index in [0.29, 0.717) is 28.0 Å². The van der Waals surface area contributed by atoms with Gasteiger partial charge in [0.05, 0.1) is 36.9 Å². The van der Waals surface area contributed by atoms with Gasteiger partial charge >= 0.3 is 5.97 Å². The van der Waals surface area contributed by atoms with Crippen LogP contribution < -0.4 is 10.3 Å². The third-order valence-electron chi connectivity index (χ3n) is 3.51. The zero-order valence-electron chi connectivity index (χ0n) is 12.9. The molecule has 0 amide bonds. The van der Waals surface area contributed by atoms with Crippen LogP contribution >= 0.6 is 12.2 Å². The third-order valence-corrected chi connectivity index (χ3v) is 3.84. The van der Waals surface area contributed by atoms with Gasteiger partial charge < -0.3 is 18.9 Å². The van der Waals surface area contributed by atoms with Crippen LogP contribution in [0, 0.1) is 4.77 Å². The number of oxazole rings is 1. The molecular formula is C15H13N3O5S. The Kier molecular flexibility index (Phi) is 4.17. The van der Waals surface area contributed by atoms with E-state index in [2.05, 4.69) is 14.7 Å². The number of esters is 1. The summed E-state index contributed by atoms with van der Waals surface area (Å²) in [7, 11) is 2.75. The lowest BCUT2D eigenvalue weighted by Gasteiger charge is -2.10. The number of methoxy groups -OCH3 is 2. The molecule has 0 atom stereocenters. The second-order valence-electron chi connectivity index (χ2n) is 4.86. The number of nitrogens with zero attached hydrogens (tertiary/aromatic N) is 2. The minimum absolute atomic E-state index is 0.118. The van der Waals surface area contributed by atoms with Crippen LogP contribution in [0.5, 0.6) is 5.75 Å². The molecule has 0 saturated carbocycles. The maximum absolute atomic E-state index is 12.7. The van der Waals surface area contributed by atoms with Crippen LogP contribution in [0.15, 0.2) is 33.9 Å². The molecule has 0 spiro atoms. The van der Waals surface area contributed by atoms with Crippen molar-refractivity contribution in [1.82, 2.24) is 14.5 Å². The van der Waals surface area contributed by atoms with E-state index in [-0.39, 0.29) is 11.3 Å². The van der Waals surface area contributed by atoms with E-state index in [1.807, 2.05) is 0 Å². The van der Waals surface area contributed by atoms with Crippen LogP contribution in [-0.2, 0) is 16.1 Å². The van der Waals surface area contributed by atoms with Crippen LogP contribution in [-0.4, -0.2) is 34.7 Å². The Balaban J connectivity index is 2.29. The van der Waals surface area contributed by atoms with Crippen molar-refractivity contribution in [2.75, 3.05) is 14.2 Å². The molecular weight excluding hydrogens is 334 g/mol. The maximum Gasteiger partial charge on any atom is 0.325 e. The van der Waals surface area contributed by atoms with Gasteiger partial charge in [0, 0.05) is 6.07 Å². The molecule has 2 heterocycles. The summed E-state index contributed by atoms with van der Waals surface area (Å²) >= 11 is 5.16. The van der Waals surface area contributed by atoms with E-state index in [1.54, 1.807) is 12.1 Å². The Morgan fingerprint density at radius 1 is 1.42 bits per heavy atom. The Hall–Kier alpha value is -2.94. The highest BCUT2D eigenvalue weighted by atomic mass is 32.1. The number of aromatic nitrogens is 3. The van der Waals surface area contributed by atoms with E-state index in [0.717, 1.165) is 4.57 Å². The first kappa shape index (κ1) is 15.9. The number of aromatic amines is 1. The second kappa shape index (κ2) is 6.28. The lowest BCUT2D eigenvalue weighted by Crippen LogP contribution is -2.26. The molecule has 0 unspecified atom stereocenters. The number of hydrogen-bond acceptors (Lipinski definition) is 7. The van der Waals surface area contributed by atoms with Gasteiger partial charge in [-0.05, 0) is 18.3 Å². The largest absolute Gasteiger partial charge is 0.496 e. The average molecular weight is 347 g/mol. The Morgan fingerprint density at radius 3 is 2.83 bits per heavy atom. The molecule has 0 aliphatic rings. The van der Waals surface area contributed by atoms with Crippen LogP contribution in [0.4, 0.5) is 0 Å². The first-order chi connectivity index (χ1) is 11.5. The molecule has 3 rings (SSSR count). The lowest BCUT2D eigenvalue weighted by molar-refractivity contribution is -0.141. The fourth-order valence-electron chi connectivity index (χ4n) is 2.33. The first-order valence-corrected chi connectivity index (χ1v) is 7.26. The number of H-pyrrole nitrogens is 1. The van der Waals surface area contributed by atoms with E-state index >= 15 is 0 Å². The molecule has 1 N–H and O–H groups in total. The number of carbonyl (C=O) groups excluding carboxylic acids is 1. The summed E-state index contributed by atoms with van der Waals surface area (Å²) in [6, 6.07) is 3.25. The summed E-state index contributed by atoms with van der Waals surface area (Å²) in [4.78, 5) is 31.0. The molecule has 0 aliphatic carbocycles. The summed E-state index contributed by atoms with van der Waals surface area (Å²) in [6.07, 6.45) is 2.80. The normalized spacial score (nSPS) is 10.8. The van der Waals surface area contributed by atoms with Crippen molar-refractivity contribution in [1.29, 1.82) is 0 Å². The number of ether oxygens (including phenoxy) is 2. The van der Waals surface area contributed by atoms with Gasteiger partial charge in [-0.3, -0.25) is 14.2 Å². The molecule has 9 heteroatoms. The number of rotatable bonds is 4. The lowest BCUT2D eigenvalue weighted by atomic mass is 10.1. The Labute approximate surface area is 140 Å². The van der Waals surface area contributed by atoms with Crippen LogP contribution in [0.2, 0.25) is 0 Å². The van der Waals surface area contributed by atoms with Gasteiger partial charge in [-0.25, -0.2) is 4.98 Å². The molecule has 0 fully saturated rings. The van der Waals surface area contributed by atoms with Crippen molar-refractivity contribution < 1.29 is 18.7 Å². The Morgan fingerprint density at radius 2 is 2.21 bits per heavy atom. The van der Waals surface area contributed by atoms with Crippen molar-refractivity contribution >= 4 is 29.1 Å². The van der Waals surface area contributed by atoms with Crippen molar-refractivity contribution in [3.8, 4) is 17.1 Å². The molecule has 124 valence electrons. The summed E-state index contributed by atoms with van der Waals surface area (Å²) in [5, 5.41) is 0.333. The highest BCUT2D eigenvalue weighted by Gasteiger charge is 2.15. The van der Waals surface area contributed by atoms with Gasteiger partial charge in [-0.2, -0.15) is 0 Å². The van der Waals surface area contributed by atoms with Crippen molar-refractivity contribution in [3.05, 3.63) is 39.8 Å². The number of fused-ring (bicyclic) bond motifs is 1. The maximum atomic E-state index is 12.7. The predicted octanol–water partition coefficient (Wildman–Crippen LogP) is 1.90. The Bertz CT molecular complexity index is 1020. The molecule has 0 aliphatic heterocycles. The smallest absolute Gasteiger partial charge is 0.325 e. The standard InChI is InChI=1S/C15H13N3O5S/c1-21-11-4-10-8(3-9(11)12-5-16-7-23-12)14(20)18(15(24)17-10)6-13(19)22-2/h3-5,7H,6H2,1-2H3,(H,17,24). The third kappa shape index (κ3) is 2.69. The highest BCUT2D eigenvalue weighted by molar-refractivity contribution is 7.71. The first-order valence-electron chi connectivity index (χ1n) is 6.85. The molecule has 0 saturated heterocycles. The van der Waals surface area contributed by atoms with E-state index in [1.165, 1.54) is 26.8 Å². The van der Waals surface area contributed by atoms with E-state index in [9.17, 15) is 9.59 Å². The van der Waals surface area contributed by atoms with Crippen molar-refractivity contribution in [2.24, 2.45) is 0 Å². The molecule has 0 bridgehead atoms. The highest BCUT2D eigenvalue weighted by Crippen LogP contribution is 2.32. The summed E-state index contributed by atoms with van der Waals surface area (Å²) < 4.78 is 16.5. The molecule has 1 aromatic carbocycles. The van der Waals surface area contributed by atoms with E-state index in [4.69, 9.17) is 21.4 Å². The van der Waals surface area contributed by atoms with Gasteiger partial charge in [0.2, 0.25) is 0 Å². The van der Waals surface area contributed by atoms with Gasteiger partial charge in [0.25, 0.3) is 5.56 Å². The van der Waals surface area contributed by atoms with Gasteiger partial charge in [0.1, 0.15) is 12.3 Å². The predicted molar refractivity (Wildman–Crippen MR) is 87.5 cm³/mol. The van der Waals surface area contributed by atoms with Gasteiger partial charge in [-0.15, -0.1) is 0 Å². The fraction of sp³-hybridized carbons (Fsp3) is 0.200. The average Bonchev–Trinajstić information content (AvgIpc) is 3.11. The summed E-state index contributed by atoms with van der Waals surface area (Å²) in [5.41, 5.74) is 0.642. The van der Waals surface area contributed by atoms with E-state index < -0.39 is 11.5 Å².